The SMILES string of the molecule is Cc1nc(C(=O)O)ccc1C#Cc1ccccc1NS(=O)(=O)c1ccc2ccccc2c1. The number of sulfonamides is 1. The van der Waals surface area contributed by atoms with Gasteiger partial charge < -0.3 is 5.11 Å². The summed E-state index contributed by atoms with van der Waals surface area (Å²) in [6.07, 6.45) is 0. The van der Waals surface area contributed by atoms with E-state index in [1.165, 1.54) is 6.07 Å². The summed E-state index contributed by atoms with van der Waals surface area (Å²) < 4.78 is 28.6. The van der Waals surface area contributed by atoms with Crippen LogP contribution in [0.3, 0.4) is 0 Å². The van der Waals surface area contributed by atoms with Crippen LogP contribution >= 0.6 is 0 Å². The maximum absolute atomic E-state index is 13.0. The molecular weight excluding hydrogens is 424 g/mol. The number of carboxylic acids is 1. The van der Waals surface area contributed by atoms with Crippen LogP contribution in [0, 0.1) is 18.8 Å². The van der Waals surface area contributed by atoms with Crippen molar-refractivity contribution in [3.8, 4) is 11.8 Å². The number of fused-ring (bicyclic) bond motifs is 1. The van der Waals surface area contributed by atoms with Crippen molar-refractivity contribution in [2.24, 2.45) is 0 Å². The molecule has 0 amide bonds. The summed E-state index contributed by atoms with van der Waals surface area (Å²) in [6, 6.07) is 22.3. The highest BCUT2D eigenvalue weighted by Gasteiger charge is 2.16. The lowest BCUT2D eigenvalue weighted by Crippen LogP contribution is -2.13. The zero-order valence-electron chi connectivity index (χ0n) is 17.0. The van der Waals surface area contributed by atoms with Crippen molar-refractivity contribution in [3.05, 3.63) is 101 Å². The molecule has 4 aromatic rings. The highest BCUT2D eigenvalue weighted by molar-refractivity contribution is 7.92. The molecule has 1 heterocycles. The Kier molecular flexibility index (Phi) is 5.63. The summed E-state index contributed by atoms with van der Waals surface area (Å²) in [5.74, 6) is 4.79. The summed E-state index contributed by atoms with van der Waals surface area (Å²) in [7, 11) is -3.83. The van der Waals surface area contributed by atoms with Crippen molar-refractivity contribution in [1.29, 1.82) is 0 Å². The van der Waals surface area contributed by atoms with Gasteiger partial charge in [0, 0.05) is 11.1 Å². The molecule has 0 saturated carbocycles. The van der Waals surface area contributed by atoms with E-state index < -0.39 is 16.0 Å². The third-order valence-electron chi connectivity index (χ3n) is 4.84. The van der Waals surface area contributed by atoms with Crippen molar-refractivity contribution in [3.63, 3.8) is 0 Å². The monoisotopic (exact) mass is 442 g/mol. The number of pyridine rings is 1. The molecule has 0 unspecified atom stereocenters. The molecule has 0 fully saturated rings. The van der Waals surface area contributed by atoms with Gasteiger partial charge in [0.1, 0.15) is 5.69 Å². The molecule has 6 nitrogen and oxygen atoms in total. The van der Waals surface area contributed by atoms with Crippen molar-refractivity contribution in [2.45, 2.75) is 11.8 Å². The first-order valence-electron chi connectivity index (χ1n) is 9.67. The quantitative estimate of drug-likeness (QED) is 0.456. The number of hydrogen-bond donors (Lipinski definition) is 2. The van der Waals surface area contributed by atoms with Crippen LogP contribution in [0.5, 0.6) is 0 Å². The average molecular weight is 442 g/mol. The van der Waals surface area contributed by atoms with Gasteiger partial charge in [-0.15, -0.1) is 0 Å². The minimum atomic E-state index is -3.83. The van der Waals surface area contributed by atoms with E-state index in [1.54, 1.807) is 55.5 Å². The summed E-state index contributed by atoms with van der Waals surface area (Å²) in [4.78, 5) is 15.2. The van der Waals surface area contributed by atoms with Crippen LogP contribution in [0.4, 0.5) is 5.69 Å². The molecule has 7 heteroatoms. The van der Waals surface area contributed by atoms with E-state index in [1.807, 2.05) is 24.3 Å². The number of nitrogens with zero attached hydrogens (tertiary/aromatic N) is 1. The first-order chi connectivity index (χ1) is 15.3. The molecule has 4 rings (SSSR count). The fraction of sp³-hybridized carbons (Fsp3) is 0.0400. The van der Waals surface area contributed by atoms with Crippen LogP contribution in [0.25, 0.3) is 10.8 Å². The van der Waals surface area contributed by atoms with Crippen LogP contribution in [0.15, 0.2) is 83.8 Å². The average Bonchev–Trinajstić information content (AvgIpc) is 2.78. The molecule has 0 saturated heterocycles. The van der Waals surface area contributed by atoms with Gasteiger partial charge in [0.2, 0.25) is 0 Å². The largest absolute Gasteiger partial charge is 0.477 e. The minimum absolute atomic E-state index is 0.0587. The first kappa shape index (κ1) is 21.1. The summed E-state index contributed by atoms with van der Waals surface area (Å²) in [5, 5.41) is 10.8. The van der Waals surface area contributed by atoms with E-state index in [0.717, 1.165) is 10.8 Å². The van der Waals surface area contributed by atoms with Gasteiger partial charge in [-0.2, -0.15) is 0 Å². The predicted molar refractivity (Wildman–Crippen MR) is 123 cm³/mol. The molecule has 158 valence electrons. The molecule has 3 aromatic carbocycles. The zero-order chi connectivity index (χ0) is 22.7. The van der Waals surface area contributed by atoms with Crippen molar-refractivity contribution < 1.29 is 18.3 Å². The lowest BCUT2D eigenvalue weighted by molar-refractivity contribution is 0.0690. The van der Waals surface area contributed by atoms with Gasteiger partial charge in [-0.3, -0.25) is 4.72 Å². The van der Waals surface area contributed by atoms with Crippen molar-refractivity contribution in [1.82, 2.24) is 4.98 Å². The van der Waals surface area contributed by atoms with Crippen LogP contribution in [0.1, 0.15) is 27.3 Å². The molecule has 0 atom stereocenters. The van der Waals surface area contributed by atoms with E-state index in [0.29, 0.717) is 22.5 Å². The maximum Gasteiger partial charge on any atom is 0.354 e. The lowest BCUT2D eigenvalue weighted by atomic mass is 10.1. The Morgan fingerprint density at radius 1 is 0.875 bits per heavy atom. The third-order valence-corrected chi connectivity index (χ3v) is 6.20. The molecule has 2 N–H and O–H groups in total. The molecule has 0 aliphatic rings. The third kappa shape index (κ3) is 4.46. The van der Waals surface area contributed by atoms with Gasteiger partial charge in [0.25, 0.3) is 10.0 Å². The number of aromatic carboxylic acids is 1. The number of benzene rings is 3. The highest BCUT2D eigenvalue weighted by Crippen LogP contribution is 2.23. The first-order valence-corrected chi connectivity index (χ1v) is 11.2. The number of carbonyl (C=O) groups is 1. The minimum Gasteiger partial charge on any atom is -0.477 e. The van der Waals surface area contributed by atoms with E-state index in [2.05, 4.69) is 21.5 Å². The smallest absolute Gasteiger partial charge is 0.354 e. The number of carboxylic acid groups (broad SMARTS) is 1. The van der Waals surface area contributed by atoms with Gasteiger partial charge in [-0.05, 0) is 54.1 Å². The van der Waals surface area contributed by atoms with Crippen LogP contribution in [0.2, 0.25) is 0 Å². The molecule has 32 heavy (non-hydrogen) atoms. The van der Waals surface area contributed by atoms with Gasteiger partial charge in [-0.25, -0.2) is 18.2 Å². The second-order valence-corrected chi connectivity index (χ2v) is 8.73. The molecule has 0 bridgehead atoms. The molecule has 0 radical (unpaired) electrons. The highest BCUT2D eigenvalue weighted by atomic mass is 32.2. The van der Waals surface area contributed by atoms with E-state index in [9.17, 15) is 13.2 Å². The number of para-hydroxylation sites is 1. The molecule has 1 aromatic heterocycles. The maximum atomic E-state index is 13.0. The normalized spacial score (nSPS) is 10.9. The molecule has 0 spiro atoms. The Balaban J connectivity index is 1.66. The van der Waals surface area contributed by atoms with E-state index >= 15 is 0 Å². The number of aryl methyl sites for hydroxylation is 1. The molecule has 0 aliphatic heterocycles. The Hall–Kier alpha value is -4.15. The fourth-order valence-corrected chi connectivity index (χ4v) is 4.28. The second-order valence-electron chi connectivity index (χ2n) is 7.04. The van der Waals surface area contributed by atoms with Gasteiger partial charge >= 0.3 is 5.97 Å². The van der Waals surface area contributed by atoms with E-state index in [-0.39, 0.29) is 10.6 Å². The Bertz CT molecular complexity index is 1520. The van der Waals surface area contributed by atoms with Gasteiger partial charge in [-0.1, -0.05) is 54.3 Å². The number of nitrogens with one attached hydrogen (secondary N) is 1. The molecule has 0 aliphatic carbocycles. The van der Waals surface area contributed by atoms with Crippen molar-refractivity contribution in [2.75, 3.05) is 4.72 Å². The summed E-state index contributed by atoms with van der Waals surface area (Å²) >= 11 is 0. The summed E-state index contributed by atoms with van der Waals surface area (Å²) in [6.45, 7) is 1.67. The standard InChI is InChI=1S/C25H18N2O4S/c1-17-18(13-15-24(26-17)25(28)29)10-11-20-7-4-5-9-23(20)27-32(30,31)22-14-12-19-6-2-3-8-21(19)16-22/h2-9,12-16,27H,1H3,(H,28,29). The lowest BCUT2D eigenvalue weighted by Gasteiger charge is -2.10. The summed E-state index contributed by atoms with van der Waals surface area (Å²) in [5.41, 5.74) is 1.81. The predicted octanol–water partition coefficient (Wildman–Crippen LogP) is 4.44. The van der Waals surface area contributed by atoms with E-state index in [4.69, 9.17) is 5.11 Å². The number of anilines is 1. The number of rotatable bonds is 4. The van der Waals surface area contributed by atoms with Gasteiger partial charge in [0.15, 0.2) is 0 Å². The Labute approximate surface area is 185 Å². The Morgan fingerprint density at radius 3 is 2.31 bits per heavy atom. The second kappa shape index (κ2) is 8.53. The molecular formula is C25H18N2O4S. The van der Waals surface area contributed by atoms with Crippen LogP contribution in [-0.4, -0.2) is 24.5 Å². The number of hydrogen-bond acceptors (Lipinski definition) is 4. The van der Waals surface area contributed by atoms with Gasteiger partial charge in [0.05, 0.1) is 16.3 Å². The van der Waals surface area contributed by atoms with Crippen LogP contribution in [-0.2, 0) is 10.0 Å². The zero-order valence-corrected chi connectivity index (χ0v) is 17.8. The fourth-order valence-electron chi connectivity index (χ4n) is 3.17. The van der Waals surface area contributed by atoms with Crippen LogP contribution < -0.4 is 4.72 Å². The number of aromatic nitrogens is 1. The van der Waals surface area contributed by atoms with Crippen molar-refractivity contribution >= 4 is 32.5 Å². The Morgan fingerprint density at radius 2 is 1.56 bits per heavy atom. The topological polar surface area (TPSA) is 96.4 Å².